The first-order chi connectivity index (χ1) is 19.6. The minimum atomic E-state index is -3.78. The number of benzene rings is 1. The summed E-state index contributed by atoms with van der Waals surface area (Å²) in [5, 5.41) is 5.57. The minimum absolute atomic E-state index is 0.0725. The van der Waals surface area contributed by atoms with Crippen LogP contribution in [0.15, 0.2) is 36.4 Å². The van der Waals surface area contributed by atoms with Gasteiger partial charge in [-0.15, -0.1) is 0 Å². The third-order valence-electron chi connectivity index (χ3n) is 8.71. The fraction of sp³-hybridized carbons (Fsp3) is 0.552. The standard InChI is InChI=1S/C29H38ClN7O3S/c1-29(21-10-12-22(30)13-11-21)28(38)36-17-4-3-9-24(36)23-19-26-31-25(35-15-5-6-16-35)20-27(37(26)32-23)34(2)14-7-8-18-41(39,40)33-29/h10-13,19-20,24,33H,3-9,14-18H2,1-2H3/t24-,29?/m0/s1. The topological polar surface area (TPSA) is 103 Å². The molecule has 12 heteroatoms. The molecule has 0 radical (unpaired) electrons. The van der Waals surface area contributed by atoms with Gasteiger partial charge in [-0.1, -0.05) is 23.7 Å². The molecule has 2 fully saturated rings. The van der Waals surface area contributed by atoms with Gasteiger partial charge in [0.2, 0.25) is 15.9 Å². The molecule has 1 N–H and O–H groups in total. The summed E-state index contributed by atoms with van der Waals surface area (Å²) in [6.45, 7) is 4.80. The van der Waals surface area contributed by atoms with E-state index in [4.69, 9.17) is 21.7 Å². The molecular formula is C29H38ClN7O3S. The Balaban J connectivity index is 1.48. The van der Waals surface area contributed by atoms with E-state index < -0.39 is 15.6 Å². The molecular weight excluding hydrogens is 562 g/mol. The zero-order chi connectivity index (χ0) is 28.8. The lowest BCUT2D eigenvalue weighted by Crippen LogP contribution is -2.57. The van der Waals surface area contributed by atoms with E-state index in [1.165, 1.54) is 0 Å². The molecule has 1 aromatic carbocycles. The summed E-state index contributed by atoms with van der Waals surface area (Å²) in [5.74, 6) is 1.49. The van der Waals surface area contributed by atoms with Gasteiger partial charge in [0, 0.05) is 50.4 Å². The molecule has 2 saturated heterocycles. The summed E-state index contributed by atoms with van der Waals surface area (Å²) < 4.78 is 31.6. The van der Waals surface area contributed by atoms with Crippen LogP contribution in [0, 0.1) is 0 Å². The second kappa shape index (κ2) is 11.1. The van der Waals surface area contributed by atoms with E-state index in [1.807, 2.05) is 22.5 Å². The zero-order valence-electron chi connectivity index (χ0n) is 23.7. The highest BCUT2D eigenvalue weighted by atomic mass is 35.5. The number of rotatable bonds is 2. The summed E-state index contributed by atoms with van der Waals surface area (Å²) in [6, 6.07) is 10.6. The fourth-order valence-corrected chi connectivity index (χ4v) is 8.04. The summed E-state index contributed by atoms with van der Waals surface area (Å²) in [7, 11) is -1.77. The fourth-order valence-electron chi connectivity index (χ4n) is 6.40. The van der Waals surface area contributed by atoms with Crippen LogP contribution in [0.2, 0.25) is 5.02 Å². The van der Waals surface area contributed by atoms with Crippen LogP contribution < -0.4 is 14.5 Å². The van der Waals surface area contributed by atoms with E-state index in [0.717, 1.165) is 68.2 Å². The number of aromatic nitrogens is 3. The van der Waals surface area contributed by atoms with Crippen molar-refractivity contribution >= 4 is 44.8 Å². The van der Waals surface area contributed by atoms with Crippen LogP contribution in [0.4, 0.5) is 11.6 Å². The average molecular weight is 600 g/mol. The Bertz CT molecular complexity index is 1540. The number of anilines is 2. The molecule has 6 rings (SSSR count). The number of halogens is 1. The van der Waals surface area contributed by atoms with Gasteiger partial charge >= 0.3 is 0 Å². The molecule has 2 aromatic heterocycles. The summed E-state index contributed by atoms with van der Waals surface area (Å²) in [5.41, 5.74) is 0.590. The van der Waals surface area contributed by atoms with Crippen molar-refractivity contribution in [1.82, 2.24) is 24.2 Å². The smallest absolute Gasteiger partial charge is 0.248 e. The zero-order valence-corrected chi connectivity index (χ0v) is 25.3. The normalized spacial score (nSPS) is 25.8. The van der Waals surface area contributed by atoms with Gasteiger partial charge in [0.15, 0.2) is 5.65 Å². The van der Waals surface area contributed by atoms with Crippen molar-refractivity contribution in [3.05, 3.63) is 52.7 Å². The summed E-state index contributed by atoms with van der Waals surface area (Å²) in [4.78, 5) is 25.8. The number of fused-ring (bicyclic) bond motifs is 3. The molecule has 0 spiro atoms. The molecule has 0 aliphatic carbocycles. The number of amides is 1. The third-order valence-corrected chi connectivity index (χ3v) is 10.5. The van der Waals surface area contributed by atoms with E-state index in [-0.39, 0.29) is 17.7 Å². The van der Waals surface area contributed by atoms with Crippen LogP contribution in [-0.4, -0.2) is 72.8 Å². The second-order valence-corrected chi connectivity index (χ2v) is 14.0. The maximum absolute atomic E-state index is 14.5. The van der Waals surface area contributed by atoms with Crippen LogP contribution in [0.3, 0.4) is 0 Å². The highest BCUT2D eigenvalue weighted by Crippen LogP contribution is 2.37. The molecule has 3 aliphatic heterocycles. The van der Waals surface area contributed by atoms with Crippen molar-refractivity contribution in [2.75, 3.05) is 48.8 Å². The van der Waals surface area contributed by atoms with Gasteiger partial charge in [-0.05, 0) is 69.6 Å². The molecule has 3 aromatic rings. The molecule has 3 aliphatic rings. The van der Waals surface area contributed by atoms with Crippen molar-refractivity contribution in [1.29, 1.82) is 0 Å². The quantitative estimate of drug-likeness (QED) is 0.473. The van der Waals surface area contributed by atoms with Crippen molar-refractivity contribution in [2.24, 2.45) is 0 Å². The van der Waals surface area contributed by atoms with Crippen LogP contribution in [0.1, 0.15) is 69.2 Å². The first kappa shape index (κ1) is 28.2. The van der Waals surface area contributed by atoms with Gasteiger partial charge in [0.1, 0.15) is 17.2 Å². The molecule has 10 nitrogen and oxygen atoms in total. The van der Waals surface area contributed by atoms with Gasteiger partial charge in [-0.2, -0.15) is 14.3 Å². The number of hydrogen-bond acceptors (Lipinski definition) is 7. The molecule has 2 bridgehead atoms. The molecule has 5 heterocycles. The summed E-state index contributed by atoms with van der Waals surface area (Å²) >= 11 is 6.16. The predicted octanol–water partition coefficient (Wildman–Crippen LogP) is 4.10. The van der Waals surface area contributed by atoms with Crippen molar-refractivity contribution in [3.63, 3.8) is 0 Å². The molecule has 1 unspecified atom stereocenters. The van der Waals surface area contributed by atoms with Gasteiger partial charge in [-0.3, -0.25) is 4.79 Å². The Morgan fingerprint density at radius 3 is 2.44 bits per heavy atom. The lowest BCUT2D eigenvalue weighted by molar-refractivity contribution is -0.141. The Labute approximate surface area is 246 Å². The largest absolute Gasteiger partial charge is 0.359 e. The minimum Gasteiger partial charge on any atom is -0.359 e. The maximum atomic E-state index is 14.5. The lowest BCUT2D eigenvalue weighted by atomic mass is 9.89. The first-order valence-electron chi connectivity index (χ1n) is 14.6. The van der Waals surface area contributed by atoms with Gasteiger partial charge in [0.25, 0.3) is 0 Å². The number of hydrogen-bond donors (Lipinski definition) is 1. The van der Waals surface area contributed by atoms with Gasteiger partial charge in [-0.25, -0.2) is 13.4 Å². The second-order valence-electron chi connectivity index (χ2n) is 11.7. The van der Waals surface area contributed by atoms with E-state index in [1.54, 1.807) is 31.2 Å². The van der Waals surface area contributed by atoms with Gasteiger partial charge < -0.3 is 14.7 Å². The van der Waals surface area contributed by atoms with Crippen molar-refractivity contribution < 1.29 is 13.2 Å². The number of carbonyl (C=O) groups is 1. The number of carbonyl (C=O) groups excluding carboxylic acids is 1. The molecule has 41 heavy (non-hydrogen) atoms. The SMILES string of the molecule is CN1CCCCS(=O)(=O)NC(C)(c2ccc(Cl)cc2)C(=O)N2CCCC[C@H]2c2cc3nc(N4CCCC4)cc1n3n2. The highest BCUT2D eigenvalue weighted by molar-refractivity contribution is 7.89. The predicted molar refractivity (Wildman–Crippen MR) is 161 cm³/mol. The van der Waals surface area contributed by atoms with Crippen LogP contribution >= 0.6 is 11.6 Å². The molecule has 1 amide bonds. The number of nitrogens with zero attached hydrogens (tertiary/aromatic N) is 6. The Kier molecular flexibility index (Phi) is 7.63. The Morgan fingerprint density at radius 2 is 1.68 bits per heavy atom. The monoisotopic (exact) mass is 599 g/mol. The molecule has 220 valence electrons. The van der Waals surface area contributed by atoms with Crippen LogP contribution in [0.25, 0.3) is 5.65 Å². The molecule has 2 atom stereocenters. The highest BCUT2D eigenvalue weighted by Gasteiger charge is 2.45. The van der Waals surface area contributed by atoms with E-state index >= 15 is 0 Å². The number of sulfonamides is 1. The van der Waals surface area contributed by atoms with Crippen LogP contribution in [-0.2, 0) is 20.4 Å². The molecule has 0 saturated carbocycles. The Hall–Kier alpha value is -2.89. The maximum Gasteiger partial charge on any atom is 0.248 e. The number of nitrogens with one attached hydrogen (secondary N) is 1. The lowest BCUT2D eigenvalue weighted by Gasteiger charge is -2.41. The average Bonchev–Trinajstić information content (AvgIpc) is 3.64. The van der Waals surface area contributed by atoms with Crippen molar-refractivity contribution in [3.8, 4) is 0 Å². The van der Waals surface area contributed by atoms with E-state index in [9.17, 15) is 13.2 Å². The third kappa shape index (κ3) is 5.51. The van der Waals surface area contributed by atoms with Gasteiger partial charge in [0.05, 0.1) is 17.5 Å². The van der Waals surface area contributed by atoms with Crippen LogP contribution in [0.5, 0.6) is 0 Å². The van der Waals surface area contributed by atoms with Crippen molar-refractivity contribution in [2.45, 2.75) is 63.5 Å². The van der Waals surface area contributed by atoms with E-state index in [2.05, 4.69) is 20.6 Å². The van der Waals surface area contributed by atoms with E-state index in [0.29, 0.717) is 36.5 Å². The summed E-state index contributed by atoms with van der Waals surface area (Å²) in [6.07, 6.45) is 5.94. The number of piperidine rings is 1. The Morgan fingerprint density at radius 1 is 0.976 bits per heavy atom. The first-order valence-corrected chi connectivity index (χ1v) is 16.6.